The Morgan fingerprint density at radius 2 is 2.10 bits per heavy atom. The maximum atomic E-state index is 13.0. The Balaban J connectivity index is 1.59. The smallest absolute Gasteiger partial charge is 0.245 e. The zero-order chi connectivity index (χ0) is 21.1. The number of para-hydroxylation sites is 1. The largest absolute Gasteiger partial charge is 0.467 e. The van der Waals surface area contributed by atoms with Crippen molar-refractivity contribution in [2.45, 2.75) is 31.7 Å². The zero-order valence-corrected chi connectivity index (χ0v) is 18.0. The molecule has 30 heavy (non-hydrogen) atoms. The Morgan fingerprint density at radius 1 is 1.27 bits per heavy atom. The minimum Gasteiger partial charge on any atom is -0.467 e. The molecule has 1 amide bonds. The van der Waals surface area contributed by atoms with Crippen LogP contribution in [0.5, 0.6) is 0 Å². The van der Waals surface area contributed by atoms with E-state index in [0.29, 0.717) is 17.9 Å². The normalized spacial score (nSPS) is 13.4. The fraction of sp³-hybridized carbons (Fsp3) is 0.304. The first-order valence-corrected chi connectivity index (χ1v) is 11.0. The van der Waals surface area contributed by atoms with Crippen molar-refractivity contribution >= 4 is 29.2 Å². The number of fused-ring (bicyclic) bond motifs is 1. The molecule has 0 saturated carbocycles. The average molecular weight is 421 g/mol. The summed E-state index contributed by atoms with van der Waals surface area (Å²) < 4.78 is 7.42. The summed E-state index contributed by atoms with van der Waals surface area (Å²) in [5, 5.41) is 12.7. The predicted octanol–water partition coefficient (Wildman–Crippen LogP) is 4.56. The summed E-state index contributed by atoms with van der Waals surface area (Å²) in [6, 6.07) is 14.2. The van der Waals surface area contributed by atoms with Crippen molar-refractivity contribution in [3.63, 3.8) is 0 Å². The molecule has 1 aliphatic rings. The first-order chi connectivity index (χ1) is 14.6. The third kappa shape index (κ3) is 3.96. The molecule has 3 heterocycles. The molecule has 0 radical (unpaired) electrons. The molecule has 0 spiro atoms. The SMILES string of the molecule is Cc1c(C#N)c(NC(=O)CN2CCCSc3ccccc32)n(Cc2ccco2)c1C. The van der Waals surface area contributed by atoms with Crippen LogP contribution in [0.4, 0.5) is 11.5 Å². The van der Waals surface area contributed by atoms with Crippen LogP contribution in [0.1, 0.15) is 29.0 Å². The number of carbonyl (C=O) groups excluding carboxylic acids is 1. The standard InChI is InChI=1S/C23H24N4O2S/c1-16-17(2)27(14-18-7-5-11-29-18)23(19(16)13-24)25-22(28)15-26-10-6-12-30-21-9-4-3-8-20(21)26/h3-5,7-9,11H,6,10,12,14-15H2,1-2H3,(H,25,28). The monoisotopic (exact) mass is 420 g/mol. The minimum atomic E-state index is -0.133. The zero-order valence-electron chi connectivity index (χ0n) is 17.1. The summed E-state index contributed by atoms with van der Waals surface area (Å²) in [5.74, 6) is 2.21. The van der Waals surface area contributed by atoms with Gasteiger partial charge in [-0.25, -0.2) is 0 Å². The van der Waals surface area contributed by atoms with E-state index in [1.54, 1.807) is 6.26 Å². The van der Waals surface area contributed by atoms with Crippen LogP contribution in [0, 0.1) is 25.2 Å². The number of anilines is 2. The number of hydrogen-bond donors (Lipinski definition) is 1. The molecule has 1 aliphatic heterocycles. The van der Waals surface area contributed by atoms with Crippen LogP contribution in [0.3, 0.4) is 0 Å². The molecule has 0 unspecified atom stereocenters. The fourth-order valence-corrected chi connectivity index (χ4v) is 4.81. The van der Waals surface area contributed by atoms with Crippen molar-refractivity contribution in [1.29, 1.82) is 5.26 Å². The van der Waals surface area contributed by atoms with E-state index in [-0.39, 0.29) is 12.5 Å². The van der Waals surface area contributed by atoms with Crippen LogP contribution in [0.2, 0.25) is 0 Å². The van der Waals surface area contributed by atoms with Gasteiger partial charge in [-0.05, 0) is 55.9 Å². The number of nitrogens with one attached hydrogen (secondary N) is 1. The van der Waals surface area contributed by atoms with Crippen LogP contribution in [-0.2, 0) is 11.3 Å². The third-order valence-corrected chi connectivity index (χ3v) is 6.61. The van der Waals surface area contributed by atoms with Crippen LogP contribution >= 0.6 is 11.8 Å². The van der Waals surface area contributed by atoms with Crippen LogP contribution in [0.15, 0.2) is 52.0 Å². The lowest BCUT2D eigenvalue weighted by molar-refractivity contribution is -0.115. The second-order valence-corrected chi connectivity index (χ2v) is 8.49. The summed E-state index contributed by atoms with van der Waals surface area (Å²) >= 11 is 1.83. The third-order valence-electron chi connectivity index (χ3n) is 5.46. The maximum absolute atomic E-state index is 13.0. The Hall–Kier alpha value is -3.11. The van der Waals surface area contributed by atoms with Gasteiger partial charge in [-0.2, -0.15) is 5.26 Å². The Kier molecular flexibility index (Phi) is 5.86. The number of nitrogens with zero attached hydrogens (tertiary/aromatic N) is 3. The highest BCUT2D eigenvalue weighted by Crippen LogP contribution is 2.33. The summed E-state index contributed by atoms with van der Waals surface area (Å²) in [5.41, 5.74) is 3.40. The van der Waals surface area contributed by atoms with Gasteiger partial charge in [-0.1, -0.05) is 12.1 Å². The minimum absolute atomic E-state index is 0.133. The van der Waals surface area contributed by atoms with Gasteiger partial charge in [0, 0.05) is 17.1 Å². The molecule has 0 saturated heterocycles. The van der Waals surface area contributed by atoms with Gasteiger partial charge in [0.1, 0.15) is 17.6 Å². The van der Waals surface area contributed by atoms with Crippen molar-refractivity contribution in [1.82, 2.24) is 4.57 Å². The van der Waals surface area contributed by atoms with Gasteiger partial charge in [-0.3, -0.25) is 4.79 Å². The van der Waals surface area contributed by atoms with E-state index in [1.807, 2.05) is 54.4 Å². The van der Waals surface area contributed by atoms with Gasteiger partial charge < -0.3 is 19.2 Å². The highest BCUT2D eigenvalue weighted by molar-refractivity contribution is 7.99. The lowest BCUT2D eigenvalue weighted by atomic mass is 10.2. The van der Waals surface area contributed by atoms with E-state index in [2.05, 4.69) is 28.4 Å². The molecule has 154 valence electrons. The molecule has 1 N–H and O–H groups in total. The van der Waals surface area contributed by atoms with Gasteiger partial charge in [-0.15, -0.1) is 11.8 Å². The fourth-order valence-electron chi connectivity index (χ4n) is 3.79. The number of hydrogen-bond acceptors (Lipinski definition) is 5. The quantitative estimate of drug-likeness (QED) is 0.655. The van der Waals surface area contributed by atoms with Crippen molar-refractivity contribution in [3.8, 4) is 6.07 Å². The number of benzene rings is 1. The van der Waals surface area contributed by atoms with Gasteiger partial charge in [0.05, 0.1) is 30.6 Å². The number of rotatable bonds is 5. The second kappa shape index (κ2) is 8.72. The summed E-state index contributed by atoms with van der Waals surface area (Å²) in [4.78, 5) is 16.4. The molecule has 7 heteroatoms. The molecule has 4 rings (SSSR count). The number of amides is 1. The number of carbonyl (C=O) groups is 1. The molecule has 0 atom stereocenters. The van der Waals surface area contributed by atoms with Gasteiger partial charge in [0.15, 0.2) is 0 Å². The molecule has 1 aromatic carbocycles. The molecule has 0 fully saturated rings. The second-order valence-electron chi connectivity index (χ2n) is 7.35. The number of thioether (sulfide) groups is 1. The van der Waals surface area contributed by atoms with Crippen LogP contribution in [0.25, 0.3) is 0 Å². The van der Waals surface area contributed by atoms with E-state index in [1.165, 1.54) is 4.90 Å². The van der Waals surface area contributed by atoms with Crippen molar-refractivity contribution in [2.75, 3.05) is 29.1 Å². The summed E-state index contributed by atoms with van der Waals surface area (Å²) in [7, 11) is 0. The Morgan fingerprint density at radius 3 is 2.87 bits per heavy atom. The number of furan rings is 1. The van der Waals surface area contributed by atoms with Crippen molar-refractivity contribution in [3.05, 3.63) is 65.2 Å². The molecule has 3 aromatic rings. The van der Waals surface area contributed by atoms with E-state index >= 15 is 0 Å². The first kappa shape index (κ1) is 20.2. The molecule has 0 aliphatic carbocycles. The predicted molar refractivity (Wildman–Crippen MR) is 119 cm³/mol. The molecule has 6 nitrogen and oxygen atoms in total. The lowest BCUT2D eigenvalue weighted by Crippen LogP contribution is -2.34. The topological polar surface area (TPSA) is 74.2 Å². The van der Waals surface area contributed by atoms with Crippen LogP contribution < -0.4 is 10.2 Å². The molecule has 0 bridgehead atoms. The number of nitriles is 1. The Bertz CT molecular complexity index is 1100. The van der Waals surface area contributed by atoms with Gasteiger partial charge in [0.2, 0.25) is 5.91 Å². The average Bonchev–Trinajstić information content (AvgIpc) is 3.27. The highest BCUT2D eigenvalue weighted by atomic mass is 32.2. The van der Waals surface area contributed by atoms with E-state index < -0.39 is 0 Å². The van der Waals surface area contributed by atoms with Crippen molar-refractivity contribution in [2.24, 2.45) is 0 Å². The first-order valence-electron chi connectivity index (χ1n) is 9.97. The van der Waals surface area contributed by atoms with Gasteiger partial charge >= 0.3 is 0 Å². The van der Waals surface area contributed by atoms with E-state index in [0.717, 1.165) is 41.4 Å². The summed E-state index contributed by atoms with van der Waals surface area (Å²) in [6.45, 7) is 5.39. The molecular weight excluding hydrogens is 396 g/mol. The summed E-state index contributed by atoms with van der Waals surface area (Å²) in [6.07, 6.45) is 2.64. The maximum Gasteiger partial charge on any atom is 0.245 e. The van der Waals surface area contributed by atoms with E-state index in [9.17, 15) is 10.1 Å². The molecule has 2 aromatic heterocycles. The van der Waals surface area contributed by atoms with Gasteiger partial charge in [0.25, 0.3) is 0 Å². The molecular formula is C23H24N4O2S. The highest BCUT2D eigenvalue weighted by Gasteiger charge is 2.23. The lowest BCUT2D eigenvalue weighted by Gasteiger charge is -2.24. The Labute approximate surface area is 180 Å². The van der Waals surface area contributed by atoms with E-state index in [4.69, 9.17) is 4.42 Å². The number of aromatic nitrogens is 1. The van der Waals surface area contributed by atoms with Crippen molar-refractivity contribution < 1.29 is 9.21 Å². The van der Waals surface area contributed by atoms with Crippen LogP contribution in [-0.4, -0.2) is 29.3 Å².